The van der Waals surface area contributed by atoms with E-state index >= 15 is 0 Å². The molecule has 43 heavy (non-hydrogen) atoms. The van der Waals surface area contributed by atoms with E-state index in [1.54, 1.807) is 58.9 Å². The van der Waals surface area contributed by atoms with Crippen molar-refractivity contribution in [1.82, 2.24) is 20.4 Å². The average Bonchev–Trinajstić information content (AvgIpc) is 3.21. The van der Waals surface area contributed by atoms with Crippen molar-refractivity contribution in [2.45, 2.75) is 65.8 Å². The summed E-state index contributed by atoms with van der Waals surface area (Å²) in [7, 11) is 1.46. The summed E-state index contributed by atoms with van der Waals surface area (Å²) in [5.74, 6) is 0.0273. The first-order valence-electron chi connectivity index (χ1n) is 13.3. The van der Waals surface area contributed by atoms with Gasteiger partial charge in [0, 0.05) is 19.2 Å². The van der Waals surface area contributed by atoms with Crippen LogP contribution < -0.4 is 25.4 Å². The Morgan fingerprint density at radius 2 is 1.77 bits per heavy atom. The molecule has 0 aliphatic heterocycles. The molecule has 0 saturated heterocycles. The van der Waals surface area contributed by atoms with Crippen LogP contribution in [-0.2, 0) is 22.6 Å². The second-order valence-electron chi connectivity index (χ2n) is 10.6. The molecule has 0 bridgehead atoms. The van der Waals surface area contributed by atoms with E-state index in [0.717, 1.165) is 0 Å². The van der Waals surface area contributed by atoms with E-state index in [9.17, 15) is 22.8 Å². The molecule has 3 N–H and O–H groups in total. The van der Waals surface area contributed by atoms with Gasteiger partial charge < -0.3 is 29.6 Å². The van der Waals surface area contributed by atoms with Crippen molar-refractivity contribution in [2.75, 3.05) is 19.0 Å². The van der Waals surface area contributed by atoms with E-state index in [2.05, 4.69) is 25.8 Å². The molecule has 2 aromatic carbocycles. The number of alkyl carbamates (subject to hydrolysis) is 1. The van der Waals surface area contributed by atoms with E-state index < -0.39 is 35.9 Å². The predicted octanol–water partition coefficient (Wildman–Crippen LogP) is 5.84. The molecule has 0 saturated carbocycles. The van der Waals surface area contributed by atoms with Crippen molar-refractivity contribution in [2.24, 2.45) is 0 Å². The molecule has 3 rings (SSSR count). The molecule has 0 unspecified atom stereocenters. The smallest absolute Gasteiger partial charge is 0.474 e. The van der Waals surface area contributed by atoms with E-state index in [1.165, 1.54) is 30.0 Å². The summed E-state index contributed by atoms with van der Waals surface area (Å²) in [5, 5.41) is 12.5. The maximum Gasteiger partial charge on any atom is 0.573 e. The highest BCUT2D eigenvalue weighted by atomic mass is 19.4. The minimum atomic E-state index is -4.91. The third kappa shape index (κ3) is 10.4. The van der Waals surface area contributed by atoms with Crippen LogP contribution in [0.5, 0.6) is 11.6 Å². The number of urea groups is 1. The van der Waals surface area contributed by atoms with Gasteiger partial charge in [0.1, 0.15) is 23.8 Å². The zero-order valence-electron chi connectivity index (χ0n) is 24.8. The number of ether oxygens (including phenoxy) is 4. The second kappa shape index (κ2) is 14.1. The maximum atomic E-state index is 13.0. The molecule has 1 atom stereocenters. The van der Waals surface area contributed by atoms with Crippen LogP contribution in [0.2, 0.25) is 0 Å². The number of hydrogen-bond donors (Lipinski definition) is 3. The topological polar surface area (TPSA) is 125 Å². The summed E-state index contributed by atoms with van der Waals surface area (Å²) in [4.78, 5) is 25.1. The number of rotatable bonds is 11. The van der Waals surface area contributed by atoms with Gasteiger partial charge in [-0.25, -0.2) is 14.3 Å². The standard InChI is InChI=1S/C29H36F3N5O6/c1-18(34-27(39)43-28(3,4)5)16-41-25-19(2)24(37(36-25)22-10-8-7-9-11-22)35-26(38)33-15-21-14-20(17-40-6)12-13-23(21)42-29(30,31)32/h7-14,18H,15-17H2,1-6H3,(H,34,39)(H2,33,35,38)/t18-/m1/s1. The molecular weight excluding hydrogens is 571 g/mol. The maximum absolute atomic E-state index is 13.0. The van der Waals surface area contributed by atoms with Gasteiger partial charge >= 0.3 is 18.5 Å². The van der Waals surface area contributed by atoms with Gasteiger partial charge in [-0.15, -0.1) is 18.3 Å². The first kappa shape index (κ1) is 33.0. The van der Waals surface area contributed by atoms with Crippen LogP contribution in [0, 0.1) is 6.92 Å². The highest BCUT2D eigenvalue weighted by Crippen LogP contribution is 2.30. The minimum absolute atomic E-state index is 0.0529. The third-order valence-electron chi connectivity index (χ3n) is 5.65. The van der Waals surface area contributed by atoms with Crippen molar-refractivity contribution >= 4 is 17.9 Å². The number of alkyl halides is 3. The Kier molecular flexibility index (Phi) is 10.9. The fourth-order valence-electron chi connectivity index (χ4n) is 3.85. The molecule has 0 spiro atoms. The number of carbonyl (C=O) groups excluding carboxylic acids is 2. The Labute approximate surface area is 247 Å². The zero-order chi connectivity index (χ0) is 31.8. The van der Waals surface area contributed by atoms with Crippen LogP contribution >= 0.6 is 0 Å². The van der Waals surface area contributed by atoms with Crippen LogP contribution in [0.15, 0.2) is 48.5 Å². The number of anilines is 1. The molecule has 3 amide bonds. The molecule has 1 aromatic heterocycles. The quantitative estimate of drug-likeness (QED) is 0.250. The highest BCUT2D eigenvalue weighted by molar-refractivity contribution is 5.89. The third-order valence-corrected chi connectivity index (χ3v) is 5.65. The molecule has 234 valence electrons. The molecule has 0 radical (unpaired) electrons. The van der Waals surface area contributed by atoms with Crippen LogP contribution in [0.1, 0.15) is 44.4 Å². The fourth-order valence-corrected chi connectivity index (χ4v) is 3.85. The van der Waals surface area contributed by atoms with E-state index in [1.807, 2.05) is 6.07 Å². The number of aromatic nitrogens is 2. The Morgan fingerprint density at radius 1 is 1.07 bits per heavy atom. The summed E-state index contributed by atoms with van der Waals surface area (Å²) < 4.78 is 60.7. The minimum Gasteiger partial charge on any atom is -0.474 e. The van der Waals surface area contributed by atoms with E-state index in [4.69, 9.17) is 14.2 Å². The SMILES string of the molecule is COCc1ccc(OC(F)(F)F)c(CNC(=O)Nc2c(C)c(OC[C@@H](C)NC(=O)OC(C)(C)C)nn2-c2ccccc2)c1. The van der Waals surface area contributed by atoms with Gasteiger partial charge in [-0.1, -0.05) is 24.3 Å². The molecule has 0 fully saturated rings. The van der Waals surface area contributed by atoms with Gasteiger partial charge in [0.2, 0.25) is 5.88 Å². The van der Waals surface area contributed by atoms with Crippen LogP contribution in [0.3, 0.4) is 0 Å². The first-order valence-corrected chi connectivity index (χ1v) is 13.3. The number of halogens is 3. The van der Waals surface area contributed by atoms with Crippen LogP contribution in [-0.4, -0.2) is 53.6 Å². The number of hydrogen-bond acceptors (Lipinski definition) is 7. The second-order valence-corrected chi connectivity index (χ2v) is 10.6. The van der Waals surface area contributed by atoms with Gasteiger partial charge in [0.15, 0.2) is 0 Å². The summed E-state index contributed by atoms with van der Waals surface area (Å²) in [6, 6.07) is 11.9. The Hall–Kier alpha value is -4.46. The van der Waals surface area contributed by atoms with Crippen molar-refractivity contribution in [1.29, 1.82) is 0 Å². The Bertz CT molecular complexity index is 1390. The Morgan fingerprint density at radius 3 is 2.40 bits per heavy atom. The lowest BCUT2D eigenvalue weighted by Crippen LogP contribution is -2.40. The number of nitrogens with zero attached hydrogens (tertiary/aromatic N) is 2. The monoisotopic (exact) mass is 607 g/mol. The summed E-state index contributed by atoms with van der Waals surface area (Å²) in [6.45, 7) is 8.63. The van der Waals surface area contributed by atoms with Crippen molar-refractivity contribution in [3.8, 4) is 17.3 Å². The van der Waals surface area contributed by atoms with Crippen LogP contribution in [0.4, 0.5) is 28.6 Å². The molecule has 0 aliphatic rings. The van der Waals surface area contributed by atoms with Crippen molar-refractivity contribution < 1.29 is 41.7 Å². The molecular formula is C29H36F3N5O6. The fraction of sp³-hybridized carbons (Fsp3) is 0.414. The number of benzene rings is 2. The van der Waals surface area contributed by atoms with E-state index in [-0.39, 0.29) is 37.0 Å². The highest BCUT2D eigenvalue weighted by Gasteiger charge is 2.32. The largest absolute Gasteiger partial charge is 0.573 e. The number of carbonyl (C=O) groups is 2. The number of amides is 3. The van der Waals surface area contributed by atoms with Gasteiger partial charge in [-0.05, 0) is 64.4 Å². The number of methoxy groups -OCH3 is 1. The summed E-state index contributed by atoms with van der Waals surface area (Å²) in [5.41, 5.74) is 1.14. The summed E-state index contributed by atoms with van der Waals surface area (Å²) in [6.07, 6.45) is -5.50. The zero-order valence-corrected chi connectivity index (χ0v) is 24.8. The lowest BCUT2D eigenvalue weighted by Gasteiger charge is -2.21. The normalized spacial score (nSPS) is 12.3. The average molecular weight is 608 g/mol. The molecule has 0 aliphatic carbocycles. The number of nitrogens with one attached hydrogen (secondary N) is 3. The predicted molar refractivity (Wildman–Crippen MR) is 152 cm³/mol. The molecule has 1 heterocycles. The number of para-hydroxylation sites is 1. The van der Waals surface area contributed by atoms with Crippen molar-refractivity contribution in [3.63, 3.8) is 0 Å². The molecule has 14 heteroatoms. The van der Waals surface area contributed by atoms with E-state index in [0.29, 0.717) is 16.8 Å². The van der Waals surface area contributed by atoms with Crippen LogP contribution in [0.25, 0.3) is 5.69 Å². The van der Waals surface area contributed by atoms with Gasteiger partial charge in [-0.3, -0.25) is 5.32 Å². The lowest BCUT2D eigenvalue weighted by atomic mass is 10.1. The Balaban J connectivity index is 1.77. The summed E-state index contributed by atoms with van der Waals surface area (Å²) >= 11 is 0. The molecule has 11 nitrogen and oxygen atoms in total. The van der Waals surface area contributed by atoms with Gasteiger partial charge in [0.25, 0.3) is 0 Å². The van der Waals surface area contributed by atoms with Crippen molar-refractivity contribution in [3.05, 3.63) is 65.2 Å². The molecule has 3 aromatic rings. The van der Waals surface area contributed by atoms with Gasteiger partial charge in [0.05, 0.1) is 23.9 Å². The van der Waals surface area contributed by atoms with Gasteiger partial charge in [-0.2, -0.15) is 0 Å². The first-order chi connectivity index (χ1) is 20.1. The lowest BCUT2D eigenvalue weighted by molar-refractivity contribution is -0.274.